The molecule has 3 heterocycles. The van der Waals surface area contributed by atoms with Crippen molar-refractivity contribution < 1.29 is 13.2 Å². The normalized spacial score (nSPS) is 25.9. The highest BCUT2D eigenvalue weighted by atomic mass is 32.2. The van der Waals surface area contributed by atoms with Crippen LogP contribution >= 0.6 is 0 Å². The molecule has 1 aromatic rings. The van der Waals surface area contributed by atoms with Crippen molar-refractivity contribution in [1.82, 2.24) is 19.1 Å². The number of nitrogens with one attached hydrogen (secondary N) is 1. The molecule has 1 N–H and O–H groups in total. The molecule has 0 spiro atoms. The number of hydrogen-bond acceptors (Lipinski definition) is 3. The van der Waals surface area contributed by atoms with E-state index in [4.69, 9.17) is 0 Å². The van der Waals surface area contributed by atoms with E-state index >= 15 is 0 Å². The Bertz CT molecular complexity index is 685. The number of sulfonamides is 1. The van der Waals surface area contributed by atoms with E-state index in [0.717, 1.165) is 25.1 Å². The first kappa shape index (κ1) is 16.3. The van der Waals surface area contributed by atoms with Crippen molar-refractivity contribution in [2.45, 2.75) is 38.4 Å². The lowest BCUT2D eigenvalue weighted by atomic mass is 10.1. The minimum atomic E-state index is -3.20. The third-order valence-electron chi connectivity index (χ3n) is 4.78. The summed E-state index contributed by atoms with van der Waals surface area (Å²) in [5, 5.41) is 3.02. The predicted molar refractivity (Wildman–Crippen MR) is 87.5 cm³/mol. The van der Waals surface area contributed by atoms with Crippen LogP contribution in [0, 0.1) is 0 Å². The molecule has 0 saturated carbocycles. The third-order valence-corrected chi connectivity index (χ3v) is 6.05. The highest BCUT2D eigenvalue weighted by molar-refractivity contribution is 7.88. The van der Waals surface area contributed by atoms with Crippen molar-refractivity contribution in [3.05, 3.63) is 24.0 Å². The van der Waals surface area contributed by atoms with Crippen LogP contribution in [-0.2, 0) is 16.6 Å². The average molecular weight is 340 g/mol. The standard InChI is InChI=1S/C15H24N4O3S/c1-12-14-6-4-7-17(14)9-10-19(12)15(20)16-13-5-3-8-18(11-13)23(2,21)22/h4,6-7,12-13H,3,5,8-11H2,1-2H3,(H,16,20). The molecule has 2 aliphatic rings. The molecular formula is C15H24N4O3S. The maximum Gasteiger partial charge on any atom is 0.318 e. The van der Waals surface area contributed by atoms with E-state index in [1.54, 1.807) is 0 Å². The molecule has 0 aliphatic carbocycles. The summed E-state index contributed by atoms with van der Waals surface area (Å²) < 4.78 is 27.0. The molecule has 0 bridgehead atoms. The van der Waals surface area contributed by atoms with Gasteiger partial charge in [-0.2, -0.15) is 0 Å². The number of hydrogen-bond donors (Lipinski definition) is 1. The lowest BCUT2D eigenvalue weighted by molar-refractivity contribution is 0.154. The first-order valence-corrected chi connectivity index (χ1v) is 9.88. The second-order valence-electron chi connectivity index (χ2n) is 6.41. The second kappa shape index (κ2) is 6.16. The summed E-state index contributed by atoms with van der Waals surface area (Å²) in [6, 6.07) is 3.83. The highest BCUT2D eigenvalue weighted by Crippen LogP contribution is 2.25. The lowest BCUT2D eigenvalue weighted by Gasteiger charge is -2.37. The number of fused-ring (bicyclic) bond motifs is 1. The van der Waals surface area contributed by atoms with Crippen molar-refractivity contribution in [2.75, 3.05) is 25.9 Å². The zero-order chi connectivity index (χ0) is 16.6. The third kappa shape index (κ3) is 3.37. The van der Waals surface area contributed by atoms with Crippen LogP contribution in [0.25, 0.3) is 0 Å². The lowest BCUT2D eigenvalue weighted by Crippen LogP contribution is -2.54. The van der Waals surface area contributed by atoms with Gasteiger partial charge in [0.1, 0.15) is 0 Å². The fourth-order valence-electron chi connectivity index (χ4n) is 3.48. The first-order valence-electron chi connectivity index (χ1n) is 8.03. The summed E-state index contributed by atoms with van der Waals surface area (Å²) in [4.78, 5) is 14.4. The van der Waals surface area contributed by atoms with E-state index < -0.39 is 10.0 Å². The summed E-state index contributed by atoms with van der Waals surface area (Å²) in [7, 11) is -3.20. The van der Waals surface area contributed by atoms with Gasteiger partial charge in [0.25, 0.3) is 0 Å². The Morgan fingerprint density at radius 3 is 2.83 bits per heavy atom. The number of carbonyl (C=O) groups excluding carboxylic acids is 1. The fourth-order valence-corrected chi connectivity index (χ4v) is 4.39. The molecule has 128 valence electrons. The van der Waals surface area contributed by atoms with E-state index in [1.807, 2.05) is 30.2 Å². The molecule has 0 radical (unpaired) electrons. The molecule has 2 amide bonds. The van der Waals surface area contributed by atoms with Gasteiger partial charge in [0, 0.05) is 44.1 Å². The zero-order valence-electron chi connectivity index (χ0n) is 13.6. The summed E-state index contributed by atoms with van der Waals surface area (Å²) in [5.41, 5.74) is 1.13. The van der Waals surface area contributed by atoms with Gasteiger partial charge in [0.2, 0.25) is 10.0 Å². The van der Waals surface area contributed by atoms with Gasteiger partial charge in [-0.15, -0.1) is 0 Å². The zero-order valence-corrected chi connectivity index (χ0v) is 14.4. The summed E-state index contributed by atoms with van der Waals surface area (Å²) in [5.74, 6) is 0. The van der Waals surface area contributed by atoms with Gasteiger partial charge >= 0.3 is 6.03 Å². The molecule has 1 fully saturated rings. The first-order chi connectivity index (χ1) is 10.9. The van der Waals surface area contributed by atoms with E-state index in [2.05, 4.69) is 9.88 Å². The average Bonchev–Trinajstić information content (AvgIpc) is 2.96. The Labute approximate surface area is 137 Å². The number of piperidine rings is 1. The van der Waals surface area contributed by atoms with Crippen molar-refractivity contribution in [3.8, 4) is 0 Å². The van der Waals surface area contributed by atoms with Gasteiger partial charge < -0.3 is 14.8 Å². The van der Waals surface area contributed by atoms with Crippen LogP contribution in [0.3, 0.4) is 0 Å². The molecule has 7 nitrogen and oxygen atoms in total. The van der Waals surface area contributed by atoms with Crippen molar-refractivity contribution >= 4 is 16.1 Å². The molecule has 0 aromatic carbocycles. The highest BCUT2D eigenvalue weighted by Gasteiger charge is 2.31. The topological polar surface area (TPSA) is 74.7 Å². The molecule has 3 rings (SSSR count). The molecular weight excluding hydrogens is 316 g/mol. The number of rotatable bonds is 2. The van der Waals surface area contributed by atoms with Crippen LogP contribution < -0.4 is 5.32 Å². The van der Waals surface area contributed by atoms with E-state index in [1.165, 1.54) is 10.6 Å². The number of nitrogens with zero attached hydrogens (tertiary/aromatic N) is 3. The van der Waals surface area contributed by atoms with E-state index in [9.17, 15) is 13.2 Å². The smallest absolute Gasteiger partial charge is 0.318 e. The van der Waals surface area contributed by atoms with Gasteiger partial charge in [-0.1, -0.05) is 0 Å². The van der Waals surface area contributed by atoms with Gasteiger partial charge in [-0.3, -0.25) is 0 Å². The van der Waals surface area contributed by atoms with Gasteiger partial charge in [-0.25, -0.2) is 17.5 Å². The number of carbonyl (C=O) groups is 1. The minimum absolute atomic E-state index is 0.0216. The summed E-state index contributed by atoms with van der Waals surface area (Å²) >= 11 is 0. The molecule has 1 saturated heterocycles. The molecule has 8 heteroatoms. The molecule has 23 heavy (non-hydrogen) atoms. The Morgan fingerprint density at radius 2 is 2.09 bits per heavy atom. The summed E-state index contributed by atoms with van der Waals surface area (Å²) in [6.07, 6.45) is 4.84. The quantitative estimate of drug-likeness (QED) is 0.873. The van der Waals surface area contributed by atoms with Gasteiger partial charge in [0.05, 0.1) is 12.3 Å². The Morgan fingerprint density at radius 1 is 1.30 bits per heavy atom. The van der Waals surface area contributed by atoms with Crippen LogP contribution in [-0.4, -0.2) is 60.2 Å². The van der Waals surface area contributed by atoms with Crippen molar-refractivity contribution in [1.29, 1.82) is 0 Å². The summed E-state index contributed by atoms with van der Waals surface area (Å²) in [6.45, 7) is 4.38. The van der Waals surface area contributed by atoms with Crippen LogP contribution in [0.2, 0.25) is 0 Å². The molecule has 2 atom stereocenters. The number of aromatic nitrogens is 1. The van der Waals surface area contributed by atoms with E-state index in [-0.39, 0.29) is 18.1 Å². The van der Waals surface area contributed by atoms with Gasteiger partial charge in [0.15, 0.2) is 0 Å². The maximum atomic E-state index is 12.6. The van der Waals surface area contributed by atoms with Crippen LogP contribution in [0.5, 0.6) is 0 Å². The Hall–Kier alpha value is -1.54. The fraction of sp³-hybridized carbons (Fsp3) is 0.667. The molecule has 1 aromatic heterocycles. The van der Waals surface area contributed by atoms with Crippen LogP contribution in [0.4, 0.5) is 4.79 Å². The monoisotopic (exact) mass is 340 g/mol. The maximum absolute atomic E-state index is 12.6. The Kier molecular flexibility index (Phi) is 4.37. The van der Waals surface area contributed by atoms with Crippen molar-refractivity contribution in [2.24, 2.45) is 0 Å². The number of amides is 2. The molecule has 2 aliphatic heterocycles. The number of urea groups is 1. The van der Waals surface area contributed by atoms with Gasteiger partial charge in [-0.05, 0) is 31.9 Å². The second-order valence-corrected chi connectivity index (χ2v) is 8.39. The van der Waals surface area contributed by atoms with Crippen LogP contribution in [0.1, 0.15) is 31.5 Å². The Balaban J connectivity index is 1.63. The largest absolute Gasteiger partial charge is 0.348 e. The predicted octanol–water partition coefficient (Wildman–Crippen LogP) is 0.998. The SMILES string of the molecule is CC1c2cccn2CCN1C(=O)NC1CCCN(S(C)(=O)=O)C1. The molecule has 2 unspecified atom stereocenters. The minimum Gasteiger partial charge on any atom is -0.348 e. The van der Waals surface area contributed by atoms with E-state index in [0.29, 0.717) is 19.6 Å². The van der Waals surface area contributed by atoms with Crippen LogP contribution in [0.15, 0.2) is 18.3 Å². The van der Waals surface area contributed by atoms with Crippen molar-refractivity contribution in [3.63, 3.8) is 0 Å².